The molecule has 1 saturated carbocycles. The molecule has 0 spiro atoms. The van der Waals surface area contributed by atoms with Gasteiger partial charge in [0.1, 0.15) is 12.4 Å². The van der Waals surface area contributed by atoms with Gasteiger partial charge in [-0.3, -0.25) is 4.79 Å². The normalized spacial score (nSPS) is 17.1. The second kappa shape index (κ2) is 7.30. The molecule has 1 fully saturated rings. The smallest absolute Gasteiger partial charge is 0.153 e. The van der Waals surface area contributed by atoms with E-state index in [1.54, 1.807) is 0 Å². The number of aliphatic hydroxyl groups excluding tert-OH is 1. The summed E-state index contributed by atoms with van der Waals surface area (Å²) in [6.07, 6.45) is 5.70. The largest absolute Gasteiger partial charge is 0.489 e. The van der Waals surface area contributed by atoms with Crippen LogP contribution in [0.5, 0.6) is 5.75 Å². The number of ether oxygens (including phenoxy) is 1. The van der Waals surface area contributed by atoms with E-state index in [9.17, 15) is 9.90 Å². The summed E-state index contributed by atoms with van der Waals surface area (Å²) in [6, 6.07) is 3.02. The molecule has 0 saturated heterocycles. The highest BCUT2D eigenvalue weighted by molar-refractivity contribution is 6.36. The van der Waals surface area contributed by atoms with Gasteiger partial charge < -0.3 is 9.84 Å². The van der Waals surface area contributed by atoms with Gasteiger partial charge >= 0.3 is 0 Å². The molecule has 1 aliphatic rings. The van der Waals surface area contributed by atoms with Crippen LogP contribution < -0.4 is 4.74 Å². The third-order valence-corrected chi connectivity index (χ3v) is 4.16. The molecule has 0 aromatic heterocycles. The minimum Gasteiger partial charge on any atom is -0.489 e. The Labute approximate surface area is 128 Å². The first-order valence-corrected chi connectivity index (χ1v) is 7.61. The molecular weight excluding hydrogens is 299 g/mol. The van der Waals surface area contributed by atoms with Crippen LogP contribution in [0.4, 0.5) is 0 Å². The summed E-state index contributed by atoms with van der Waals surface area (Å²) in [5.74, 6) is 0.872. The van der Waals surface area contributed by atoms with Crippen molar-refractivity contribution < 1.29 is 14.6 Å². The lowest BCUT2D eigenvalue weighted by Crippen LogP contribution is -2.21. The minimum absolute atomic E-state index is 0.138. The van der Waals surface area contributed by atoms with Crippen molar-refractivity contribution in [1.29, 1.82) is 0 Å². The zero-order valence-corrected chi connectivity index (χ0v) is 12.7. The lowest BCUT2D eigenvalue weighted by atomic mass is 10.0. The third-order valence-electron chi connectivity index (χ3n) is 3.66. The van der Waals surface area contributed by atoms with Crippen LogP contribution in [0.3, 0.4) is 0 Å². The van der Waals surface area contributed by atoms with E-state index in [1.807, 2.05) is 0 Å². The van der Waals surface area contributed by atoms with Crippen molar-refractivity contribution in [3.8, 4) is 5.75 Å². The van der Waals surface area contributed by atoms with Crippen molar-refractivity contribution in [2.75, 3.05) is 6.61 Å². The molecule has 0 amide bonds. The molecular formula is C15H18Cl2O3. The molecule has 3 nitrogen and oxygen atoms in total. The zero-order chi connectivity index (χ0) is 14.5. The molecule has 2 rings (SSSR count). The number of benzene rings is 1. The van der Waals surface area contributed by atoms with Crippen LogP contribution in [0.15, 0.2) is 12.1 Å². The Hall–Kier alpha value is -0.770. The van der Waals surface area contributed by atoms with Gasteiger partial charge in [0.15, 0.2) is 6.29 Å². The van der Waals surface area contributed by atoms with Gasteiger partial charge in [-0.25, -0.2) is 0 Å². The summed E-state index contributed by atoms with van der Waals surface area (Å²) in [5, 5.41) is 10.7. The van der Waals surface area contributed by atoms with E-state index < -0.39 is 6.10 Å². The number of hydrogen-bond acceptors (Lipinski definition) is 3. The second-order valence-corrected chi connectivity index (χ2v) is 6.12. The average molecular weight is 317 g/mol. The zero-order valence-electron chi connectivity index (χ0n) is 11.1. The SMILES string of the molecule is O=Cc1cc(Cl)cc(Cl)c1OCC(O)CC1CCCC1. The molecule has 0 bridgehead atoms. The van der Waals surface area contributed by atoms with E-state index in [1.165, 1.54) is 37.8 Å². The van der Waals surface area contributed by atoms with E-state index in [0.29, 0.717) is 22.8 Å². The van der Waals surface area contributed by atoms with Crippen LogP contribution >= 0.6 is 23.2 Å². The lowest BCUT2D eigenvalue weighted by molar-refractivity contribution is 0.0846. The first-order chi connectivity index (χ1) is 9.60. The average Bonchev–Trinajstić information content (AvgIpc) is 2.89. The molecule has 1 aromatic rings. The predicted octanol–water partition coefficient (Wildman–Crippen LogP) is 4.13. The van der Waals surface area contributed by atoms with Gasteiger partial charge in [0.25, 0.3) is 0 Å². The number of carbonyl (C=O) groups is 1. The van der Waals surface area contributed by atoms with Gasteiger partial charge in [0, 0.05) is 5.02 Å². The standard InChI is InChI=1S/C15H18Cl2O3/c16-12-6-11(8-18)15(14(17)7-12)20-9-13(19)5-10-3-1-2-4-10/h6-8,10,13,19H,1-5,9H2. The summed E-state index contributed by atoms with van der Waals surface area (Å²) < 4.78 is 5.51. The first kappa shape index (κ1) is 15.6. The summed E-state index contributed by atoms with van der Waals surface area (Å²) in [5.41, 5.74) is 0.301. The predicted molar refractivity (Wildman–Crippen MR) is 79.9 cm³/mol. The van der Waals surface area contributed by atoms with Crippen molar-refractivity contribution in [3.63, 3.8) is 0 Å². The fraction of sp³-hybridized carbons (Fsp3) is 0.533. The van der Waals surface area contributed by atoms with E-state index in [0.717, 1.165) is 6.42 Å². The maximum atomic E-state index is 11.0. The number of rotatable bonds is 6. The maximum Gasteiger partial charge on any atom is 0.153 e. The van der Waals surface area contributed by atoms with Crippen LogP contribution in [-0.2, 0) is 0 Å². The van der Waals surface area contributed by atoms with Gasteiger partial charge in [-0.15, -0.1) is 0 Å². The first-order valence-electron chi connectivity index (χ1n) is 6.85. The molecule has 1 N–H and O–H groups in total. The summed E-state index contributed by atoms with van der Waals surface area (Å²) in [7, 11) is 0. The van der Waals surface area contributed by atoms with Gasteiger partial charge in [0.2, 0.25) is 0 Å². The lowest BCUT2D eigenvalue weighted by Gasteiger charge is -2.17. The Morgan fingerprint density at radius 1 is 1.35 bits per heavy atom. The number of aliphatic hydroxyl groups is 1. The monoisotopic (exact) mass is 316 g/mol. The number of halogens is 2. The van der Waals surface area contributed by atoms with Crippen molar-refractivity contribution in [2.24, 2.45) is 5.92 Å². The molecule has 20 heavy (non-hydrogen) atoms. The summed E-state index contributed by atoms with van der Waals surface area (Å²) >= 11 is 11.8. The van der Waals surface area contributed by atoms with Crippen molar-refractivity contribution in [1.82, 2.24) is 0 Å². The van der Waals surface area contributed by atoms with E-state index in [4.69, 9.17) is 27.9 Å². The van der Waals surface area contributed by atoms with Crippen molar-refractivity contribution >= 4 is 29.5 Å². The van der Waals surface area contributed by atoms with Crippen LogP contribution in [-0.4, -0.2) is 24.1 Å². The van der Waals surface area contributed by atoms with Crippen LogP contribution in [0.2, 0.25) is 10.0 Å². The molecule has 1 aromatic carbocycles. The molecule has 0 aliphatic heterocycles. The van der Waals surface area contributed by atoms with Crippen LogP contribution in [0, 0.1) is 5.92 Å². The topological polar surface area (TPSA) is 46.5 Å². The van der Waals surface area contributed by atoms with Gasteiger partial charge in [-0.1, -0.05) is 48.9 Å². The molecule has 5 heteroatoms. The minimum atomic E-state index is -0.538. The number of aldehydes is 1. The molecule has 1 unspecified atom stereocenters. The van der Waals surface area contributed by atoms with E-state index in [-0.39, 0.29) is 17.4 Å². The highest BCUT2D eigenvalue weighted by atomic mass is 35.5. The summed E-state index contributed by atoms with van der Waals surface area (Å²) in [4.78, 5) is 11.0. The summed E-state index contributed by atoms with van der Waals surface area (Å²) in [6.45, 7) is 0.138. The second-order valence-electron chi connectivity index (χ2n) is 5.27. The molecule has 1 aliphatic carbocycles. The van der Waals surface area contributed by atoms with Crippen molar-refractivity contribution in [2.45, 2.75) is 38.2 Å². The van der Waals surface area contributed by atoms with Gasteiger partial charge in [0.05, 0.1) is 16.7 Å². The fourth-order valence-electron chi connectivity index (χ4n) is 2.70. The van der Waals surface area contributed by atoms with Gasteiger partial charge in [-0.05, 0) is 24.5 Å². The molecule has 0 radical (unpaired) electrons. The third kappa shape index (κ3) is 4.11. The Morgan fingerprint density at radius 2 is 2.05 bits per heavy atom. The van der Waals surface area contributed by atoms with Crippen LogP contribution in [0.1, 0.15) is 42.5 Å². The Morgan fingerprint density at radius 3 is 2.70 bits per heavy atom. The number of carbonyl (C=O) groups excluding carboxylic acids is 1. The molecule has 0 heterocycles. The highest BCUT2D eigenvalue weighted by Gasteiger charge is 2.20. The van der Waals surface area contributed by atoms with Crippen LogP contribution in [0.25, 0.3) is 0 Å². The fourth-order valence-corrected chi connectivity index (χ4v) is 3.26. The Kier molecular flexibility index (Phi) is 5.70. The molecule has 110 valence electrons. The van der Waals surface area contributed by atoms with Gasteiger partial charge in [-0.2, -0.15) is 0 Å². The van der Waals surface area contributed by atoms with E-state index in [2.05, 4.69) is 0 Å². The Balaban J connectivity index is 1.94. The van der Waals surface area contributed by atoms with E-state index >= 15 is 0 Å². The Bertz CT molecular complexity index is 470. The maximum absolute atomic E-state index is 11.0. The van der Waals surface area contributed by atoms with Crippen molar-refractivity contribution in [3.05, 3.63) is 27.7 Å². The number of hydrogen-bond donors (Lipinski definition) is 1. The quantitative estimate of drug-likeness (QED) is 0.803. The molecule has 1 atom stereocenters. The highest BCUT2D eigenvalue weighted by Crippen LogP contribution is 2.32.